The van der Waals surface area contributed by atoms with Gasteiger partial charge in [-0.1, -0.05) is 0 Å². The molecule has 0 saturated carbocycles. The molecule has 0 saturated heterocycles. The van der Waals surface area contributed by atoms with Crippen LogP contribution < -0.4 is 51.4 Å². The van der Waals surface area contributed by atoms with Gasteiger partial charge in [0.25, 0.3) is 0 Å². The van der Waals surface area contributed by atoms with Gasteiger partial charge in [0.05, 0.1) is 0 Å². The summed E-state index contributed by atoms with van der Waals surface area (Å²) in [6.07, 6.45) is -21.6. The zero-order chi connectivity index (χ0) is 39.9. The Labute approximate surface area is 287 Å². The summed E-state index contributed by atoms with van der Waals surface area (Å²) >= 11 is 0. The van der Waals surface area contributed by atoms with E-state index in [1.807, 2.05) is 4.72 Å². The molecule has 0 rings (SSSR count). The van der Waals surface area contributed by atoms with E-state index < -0.39 is 94.8 Å². The topological polar surface area (TPSA) is 83.8 Å². The smallest absolute Gasteiger partial charge is 0.514 e. The van der Waals surface area contributed by atoms with E-state index in [1.165, 1.54) is 0 Å². The minimum atomic E-state index is -5.50. The van der Waals surface area contributed by atoms with Crippen LogP contribution in [0.5, 0.6) is 0 Å². The van der Waals surface area contributed by atoms with Gasteiger partial charge in [0.1, 0.15) is 10.0 Å². The predicted molar refractivity (Wildman–Crippen MR) is 98.5 cm³/mol. The van der Waals surface area contributed by atoms with Crippen LogP contribution in [0.3, 0.4) is 0 Å². The maximum Gasteiger partial charge on any atom is 1.00 e. The molecule has 1 amide bonds. The summed E-state index contributed by atoms with van der Waals surface area (Å²) in [7, 11) is -4.48. The molecule has 0 fully saturated rings. The third-order valence-corrected chi connectivity index (χ3v) is 1.63. The summed E-state index contributed by atoms with van der Waals surface area (Å²) in [6, 6.07) is -1.86. The van der Waals surface area contributed by atoms with Gasteiger partial charge in [0.15, 0.2) is 25.9 Å². The minimum Gasteiger partial charge on any atom is -0.514 e. The molecule has 0 spiro atoms. The molecule has 0 aliphatic heterocycles. The number of carbonyl (C=O) groups is 1. The molecular weight excluding hydrogens is 815 g/mol. The van der Waals surface area contributed by atoms with Crippen molar-refractivity contribution in [3.63, 3.8) is 0 Å². The predicted octanol–water partition coefficient (Wildman–Crippen LogP) is 7.14. The third-order valence-electron chi connectivity index (χ3n) is 0.937. The molecule has 34 heteroatoms. The number of amides is 1. The molecule has 0 aromatic carbocycles. The zero-order valence-electron chi connectivity index (χ0n) is 21.9. The van der Waals surface area contributed by atoms with E-state index in [1.54, 1.807) is 0 Å². The van der Waals surface area contributed by atoms with Crippen molar-refractivity contribution < 1.29 is 189 Å². The molecule has 6 nitrogen and oxygen atoms in total. The summed E-state index contributed by atoms with van der Waals surface area (Å²) < 4.78 is 286. The van der Waals surface area contributed by atoms with Crippen LogP contribution in [0.1, 0.15) is 0 Å². The van der Waals surface area contributed by atoms with E-state index in [-0.39, 0.29) is 51.4 Å². The molecule has 0 heterocycles. The molecule has 0 unspecified atom stereocenters. The van der Waals surface area contributed by atoms with E-state index in [0.29, 0.717) is 0 Å². The number of hydrogen-bond donors (Lipinski definition) is 0. The molecular formula is C13H16F26KNO5S. The maximum atomic E-state index is 11.1. The Bertz CT molecular complexity index is 632. The largest absolute Gasteiger partial charge is 1.00 e. The molecule has 292 valence electrons. The Balaban J connectivity index is -0.0000000421. The third kappa shape index (κ3) is 255. The second-order valence-electron chi connectivity index (χ2n) is 4.35. The van der Waals surface area contributed by atoms with Crippen molar-refractivity contribution >= 4 is 16.2 Å². The number of carbonyl (C=O) groups excluding carboxylic acids is 1. The molecule has 0 atom stereocenters. The Morgan fingerprint density at radius 3 is 0.723 bits per heavy atom. The first kappa shape index (κ1) is 72.0. The van der Waals surface area contributed by atoms with Gasteiger partial charge in [0.2, 0.25) is 33.9 Å². The normalized spacial score (nSPS) is 10.0. The SMILES string of the molecule is FC(F)(F)F.FCC(F)(F)F.FCF.FCF.FCF.FCF.FOCC(F)(F)F.FOCC(F)(F)F.O=C(F)[N-]S(=O)(=O)CF.[K+]. The first-order valence-corrected chi connectivity index (χ1v) is 10.1. The van der Waals surface area contributed by atoms with Crippen LogP contribution >= 0.6 is 0 Å². The van der Waals surface area contributed by atoms with Crippen LogP contribution in [0, 0.1) is 0 Å². The van der Waals surface area contributed by atoms with Gasteiger partial charge in [0, 0.05) is 0 Å². The fourth-order valence-electron chi connectivity index (χ4n) is 0.257. The Morgan fingerprint density at radius 1 is 0.532 bits per heavy atom. The van der Waals surface area contributed by atoms with Crippen molar-refractivity contribution in [3.05, 3.63) is 4.72 Å². The van der Waals surface area contributed by atoms with Gasteiger partial charge in [-0.2, -0.15) is 53.8 Å². The minimum absolute atomic E-state index is 0. The van der Waals surface area contributed by atoms with Gasteiger partial charge in [-0.05, 0) is 9.05 Å². The first-order chi connectivity index (χ1) is 20.3. The second kappa shape index (κ2) is 47.3. The summed E-state index contributed by atoms with van der Waals surface area (Å²) in [5, 5.41) is 0. The quantitative estimate of drug-likeness (QED) is 0.130. The number of alkyl halides is 23. The van der Waals surface area contributed by atoms with Crippen LogP contribution in [-0.4, -0.2) is 93.1 Å². The fraction of sp³-hybridized carbons (Fsp3) is 0.923. The van der Waals surface area contributed by atoms with Gasteiger partial charge < -0.3 is 4.72 Å². The molecule has 0 aromatic heterocycles. The Kier molecular flexibility index (Phi) is 72.4. The van der Waals surface area contributed by atoms with Gasteiger partial charge in [-0.3, -0.25) is 4.79 Å². The molecule has 0 aliphatic carbocycles. The second-order valence-corrected chi connectivity index (χ2v) is 5.92. The Morgan fingerprint density at radius 2 is 0.702 bits per heavy atom. The monoisotopic (exact) mass is 831 g/mol. The number of sulfonamides is 1. The van der Waals surface area contributed by atoms with Crippen LogP contribution in [0.25, 0.3) is 4.72 Å². The van der Waals surface area contributed by atoms with Crippen LogP contribution in [-0.2, 0) is 19.9 Å². The number of hydrogen-bond acceptors (Lipinski definition) is 5. The van der Waals surface area contributed by atoms with Crippen molar-refractivity contribution in [2.24, 2.45) is 0 Å². The molecule has 0 aromatic rings. The van der Waals surface area contributed by atoms with Gasteiger partial charge in [-0.15, -0.1) is 17.6 Å². The molecule has 0 N–H and O–H groups in total. The van der Waals surface area contributed by atoms with Crippen molar-refractivity contribution in [1.82, 2.24) is 0 Å². The van der Waals surface area contributed by atoms with E-state index in [0.717, 1.165) is 0 Å². The van der Waals surface area contributed by atoms with E-state index >= 15 is 0 Å². The molecule has 0 aliphatic rings. The van der Waals surface area contributed by atoms with Gasteiger partial charge >= 0.3 is 76.3 Å². The number of rotatable bonds is 4. The summed E-state index contributed by atoms with van der Waals surface area (Å²) in [5.74, 6) is 0. The summed E-state index contributed by atoms with van der Waals surface area (Å²) in [6.45, 7) is -12.9. The van der Waals surface area contributed by atoms with E-state index in [2.05, 4.69) is 9.88 Å². The summed E-state index contributed by atoms with van der Waals surface area (Å²) in [5.41, 5.74) is 0. The molecule has 0 bridgehead atoms. The number of nitrogens with zero attached hydrogens (tertiary/aromatic N) is 1. The maximum absolute atomic E-state index is 11.1. The molecule has 0 radical (unpaired) electrons. The Hall–Kier alpha value is -0.844. The van der Waals surface area contributed by atoms with E-state index in [9.17, 15) is 128 Å². The van der Waals surface area contributed by atoms with Crippen molar-refractivity contribution in [1.29, 1.82) is 0 Å². The van der Waals surface area contributed by atoms with Crippen molar-refractivity contribution in [2.75, 3.05) is 53.6 Å². The standard InChI is InChI=1S/2C2H2F4O.C2H2F4.C2H3F2NO3S.CF4.4CH2F2.K/c2*3-2(4,5)1-7-6;3-1-2(4,5)6;3-1-9(7,8)5-2(4)6;2-1(3,4)5;4*2-1-3;/h2*1H2;1H2;1H2,(H,5,6);;4*1H2;/q;;;;;;;;;+1/p-1. The van der Waals surface area contributed by atoms with Gasteiger partial charge in [-0.25, -0.2) is 52.3 Å². The number of halogens is 26. The zero-order valence-corrected chi connectivity index (χ0v) is 25.8. The van der Waals surface area contributed by atoms with Crippen LogP contribution in [0.4, 0.5) is 119 Å². The first-order valence-electron chi connectivity index (χ1n) is 8.50. The van der Waals surface area contributed by atoms with Crippen LogP contribution in [0.2, 0.25) is 0 Å². The van der Waals surface area contributed by atoms with Crippen molar-refractivity contribution in [2.45, 2.75) is 25.0 Å². The molecule has 47 heavy (non-hydrogen) atoms. The van der Waals surface area contributed by atoms with E-state index in [4.69, 9.17) is 0 Å². The average Bonchev–Trinajstić information content (AvgIpc) is 2.79. The average molecular weight is 831 g/mol. The van der Waals surface area contributed by atoms with Crippen molar-refractivity contribution in [3.8, 4) is 0 Å². The fourth-order valence-corrected chi connectivity index (χ4v) is 0.525. The summed E-state index contributed by atoms with van der Waals surface area (Å²) in [4.78, 5) is 13.8. The van der Waals surface area contributed by atoms with Crippen LogP contribution in [0.15, 0.2) is 0 Å².